The Kier molecular flexibility index (Phi) is 6.20. The van der Waals surface area contributed by atoms with Gasteiger partial charge in [0.25, 0.3) is 10.0 Å². The number of hydrogen-bond donors (Lipinski definition) is 1. The maximum Gasteiger partial charge on any atom is 0.266 e. The second-order valence-corrected chi connectivity index (χ2v) is 8.82. The van der Waals surface area contributed by atoms with Gasteiger partial charge in [0.05, 0.1) is 5.69 Å². The van der Waals surface area contributed by atoms with Crippen LogP contribution in [0.4, 0.5) is 11.4 Å². The van der Waals surface area contributed by atoms with Crippen LogP contribution in [-0.2, 0) is 14.8 Å². The average Bonchev–Trinajstić information content (AvgIpc) is 2.70. The minimum Gasteiger partial charge on any atom is -0.324 e. The first-order chi connectivity index (χ1) is 13.8. The molecule has 0 unspecified atom stereocenters. The van der Waals surface area contributed by atoms with E-state index < -0.39 is 22.5 Å². The van der Waals surface area contributed by atoms with E-state index in [-0.39, 0.29) is 4.90 Å². The third kappa shape index (κ3) is 4.93. The van der Waals surface area contributed by atoms with E-state index in [9.17, 15) is 13.2 Å². The molecular formula is C21H20ClN3O3S. The van der Waals surface area contributed by atoms with Crippen molar-refractivity contribution in [2.45, 2.75) is 18.7 Å². The predicted octanol–water partition coefficient (Wildman–Crippen LogP) is 4.19. The normalized spacial score (nSPS) is 11.1. The van der Waals surface area contributed by atoms with Crippen molar-refractivity contribution < 1.29 is 13.2 Å². The lowest BCUT2D eigenvalue weighted by atomic mass is 10.2. The van der Waals surface area contributed by atoms with Crippen LogP contribution >= 0.6 is 11.6 Å². The highest BCUT2D eigenvalue weighted by molar-refractivity contribution is 7.92. The molecule has 0 aliphatic carbocycles. The summed E-state index contributed by atoms with van der Waals surface area (Å²) in [6.45, 7) is 3.36. The van der Waals surface area contributed by atoms with Crippen LogP contribution in [0.5, 0.6) is 0 Å². The Morgan fingerprint density at radius 2 is 1.83 bits per heavy atom. The van der Waals surface area contributed by atoms with Crippen LogP contribution in [0.2, 0.25) is 5.02 Å². The first-order valence-corrected chi connectivity index (χ1v) is 10.6. The fraction of sp³-hybridized carbons (Fsp3) is 0.143. The van der Waals surface area contributed by atoms with Crippen LogP contribution < -0.4 is 9.62 Å². The quantitative estimate of drug-likeness (QED) is 0.637. The number of sulfonamides is 1. The minimum absolute atomic E-state index is 0.00625. The molecule has 0 saturated heterocycles. The summed E-state index contributed by atoms with van der Waals surface area (Å²) in [5, 5.41) is 3.21. The lowest BCUT2D eigenvalue weighted by Gasteiger charge is -2.24. The third-order valence-electron chi connectivity index (χ3n) is 4.29. The molecular weight excluding hydrogens is 410 g/mol. The summed E-state index contributed by atoms with van der Waals surface area (Å²) in [5.41, 5.74) is 2.74. The van der Waals surface area contributed by atoms with E-state index in [1.165, 1.54) is 24.5 Å². The molecule has 2 aromatic carbocycles. The van der Waals surface area contributed by atoms with Crippen molar-refractivity contribution in [3.8, 4) is 0 Å². The zero-order valence-corrected chi connectivity index (χ0v) is 17.5. The topological polar surface area (TPSA) is 79.4 Å². The molecule has 1 heterocycles. The van der Waals surface area contributed by atoms with Gasteiger partial charge >= 0.3 is 0 Å². The Labute approximate surface area is 175 Å². The number of rotatable bonds is 6. The van der Waals surface area contributed by atoms with Gasteiger partial charge in [-0.3, -0.25) is 14.1 Å². The summed E-state index contributed by atoms with van der Waals surface area (Å²) >= 11 is 6.10. The zero-order valence-electron chi connectivity index (χ0n) is 16.0. The van der Waals surface area contributed by atoms with Gasteiger partial charge in [-0.25, -0.2) is 8.42 Å². The summed E-state index contributed by atoms with van der Waals surface area (Å²) in [7, 11) is -3.99. The molecule has 0 atom stereocenters. The van der Waals surface area contributed by atoms with Gasteiger partial charge in [0, 0.05) is 23.1 Å². The van der Waals surface area contributed by atoms with Crippen molar-refractivity contribution in [2.75, 3.05) is 16.2 Å². The molecule has 0 aliphatic heterocycles. The van der Waals surface area contributed by atoms with Gasteiger partial charge in [-0.2, -0.15) is 0 Å². The van der Waals surface area contributed by atoms with Crippen LogP contribution in [0.1, 0.15) is 11.1 Å². The number of hydrogen-bond acceptors (Lipinski definition) is 4. The summed E-state index contributed by atoms with van der Waals surface area (Å²) < 4.78 is 27.4. The van der Waals surface area contributed by atoms with E-state index in [1.54, 1.807) is 42.5 Å². The molecule has 3 rings (SSSR count). The van der Waals surface area contributed by atoms with E-state index in [4.69, 9.17) is 11.6 Å². The number of aromatic nitrogens is 1. The number of pyridine rings is 1. The van der Waals surface area contributed by atoms with Crippen LogP contribution in [-0.4, -0.2) is 25.9 Å². The molecule has 8 heteroatoms. The third-order valence-corrected chi connectivity index (χ3v) is 6.45. The Balaban J connectivity index is 1.92. The number of nitrogens with one attached hydrogen (secondary N) is 1. The fourth-order valence-corrected chi connectivity index (χ4v) is 4.22. The van der Waals surface area contributed by atoms with E-state index in [1.807, 2.05) is 13.8 Å². The number of anilines is 2. The number of benzene rings is 2. The number of amides is 1. The summed E-state index contributed by atoms with van der Waals surface area (Å²) in [4.78, 5) is 16.6. The summed E-state index contributed by atoms with van der Waals surface area (Å²) in [5.74, 6) is -0.488. The Morgan fingerprint density at radius 1 is 1.10 bits per heavy atom. The highest BCUT2D eigenvalue weighted by atomic mass is 35.5. The molecule has 29 heavy (non-hydrogen) atoms. The zero-order chi connectivity index (χ0) is 21.0. The van der Waals surface area contributed by atoms with E-state index in [0.29, 0.717) is 16.4 Å². The molecule has 1 amide bonds. The number of aryl methyl sites for hydroxylation is 2. The number of carbonyl (C=O) groups is 1. The Bertz CT molecular complexity index is 1120. The van der Waals surface area contributed by atoms with Crippen molar-refractivity contribution in [1.82, 2.24) is 4.98 Å². The second kappa shape index (κ2) is 8.63. The largest absolute Gasteiger partial charge is 0.324 e. The van der Waals surface area contributed by atoms with Gasteiger partial charge in [0.2, 0.25) is 5.91 Å². The summed E-state index contributed by atoms with van der Waals surface area (Å²) in [6, 6.07) is 15.0. The smallest absolute Gasteiger partial charge is 0.266 e. The van der Waals surface area contributed by atoms with Gasteiger partial charge in [0.15, 0.2) is 0 Å². The number of carbonyl (C=O) groups excluding carboxylic acids is 1. The predicted molar refractivity (Wildman–Crippen MR) is 115 cm³/mol. The molecule has 0 radical (unpaired) electrons. The number of halogens is 1. The van der Waals surface area contributed by atoms with Crippen molar-refractivity contribution in [3.63, 3.8) is 0 Å². The fourth-order valence-electron chi connectivity index (χ4n) is 2.65. The molecule has 0 aliphatic rings. The lowest BCUT2D eigenvalue weighted by Crippen LogP contribution is -2.38. The van der Waals surface area contributed by atoms with E-state index in [2.05, 4.69) is 10.3 Å². The molecule has 150 valence electrons. The molecule has 3 aromatic rings. The molecule has 0 bridgehead atoms. The van der Waals surface area contributed by atoms with Crippen molar-refractivity contribution in [1.29, 1.82) is 0 Å². The van der Waals surface area contributed by atoms with Crippen molar-refractivity contribution in [3.05, 3.63) is 83.1 Å². The first-order valence-electron chi connectivity index (χ1n) is 8.83. The Hall–Kier alpha value is -2.90. The van der Waals surface area contributed by atoms with Gasteiger partial charge in [-0.15, -0.1) is 0 Å². The molecule has 0 saturated carbocycles. The minimum atomic E-state index is -3.99. The maximum absolute atomic E-state index is 13.2. The van der Waals surface area contributed by atoms with Crippen molar-refractivity contribution >= 4 is 38.9 Å². The van der Waals surface area contributed by atoms with Crippen LogP contribution in [0, 0.1) is 13.8 Å². The highest BCUT2D eigenvalue weighted by Gasteiger charge is 2.27. The highest BCUT2D eigenvalue weighted by Crippen LogP contribution is 2.24. The molecule has 6 nitrogen and oxygen atoms in total. The standard InChI is InChI=1S/C21H20ClN3O3S/c1-15-5-9-18(10-6-15)25(29(27,28)19-4-3-11-23-13-19)14-21(26)24-17-8-7-16(2)20(22)12-17/h3-13H,14H2,1-2H3,(H,24,26). The van der Waals surface area contributed by atoms with E-state index in [0.717, 1.165) is 15.4 Å². The molecule has 1 aromatic heterocycles. The van der Waals surface area contributed by atoms with Crippen LogP contribution in [0.25, 0.3) is 0 Å². The van der Waals surface area contributed by atoms with Gasteiger partial charge in [-0.1, -0.05) is 35.4 Å². The average molecular weight is 430 g/mol. The van der Waals surface area contributed by atoms with Gasteiger partial charge in [-0.05, 0) is 55.8 Å². The van der Waals surface area contributed by atoms with Crippen molar-refractivity contribution in [2.24, 2.45) is 0 Å². The molecule has 0 spiro atoms. The Morgan fingerprint density at radius 3 is 2.45 bits per heavy atom. The van der Waals surface area contributed by atoms with Gasteiger partial charge in [0.1, 0.15) is 11.4 Å². The molecule has 1 N–H and O–H groups in total. The first kappa shape index (κ1) is 20.8. The summed E-state index contributed by atoms with van der Waals surface area (Å²) in [6.07, 6.45) is 2.75. The van der Waals surface area contributed by atoms with Crippen LogP contribution in [0.15, 0.2) is 71.9 Å². The number of nitrogens with zero attached hydrogens (tertiary/aromatic N) is 2. The molecule has 0 fully saturated rings. The second-order valence-electron chi connectivity index (χ2n) is 6.55. The van der Waals surface area contributed by atoms with Gasteiger partial charge < -0.3 is 5.32 Å². The maximum atomic E-state index is 13.2. The van der Waals surface area contributed by atoms with E-state index >= 15 is 0 Å². The lowest BCUT2D eigenvalue weighted by molar-refractivity contribution is -0.114. The monoisotopic (exact) mass is 429 g/mol. The van der Waals surface area contributed by atoms with Crippen LogP contribution in [0.3, 0.4) is 0 Å². The SMILES string of the molecule is Cc1ccc(N(CC(=O)Nc2ccc(C)c(Cl)c2)S(=O)(=O)c2cccnc2)cc1.